The van der Waals surface area contributed by atoms with Crippen molar-refractivity contribution in [1.82, 2.24) is 9.80 Å². The van der Waals surface area contributed by atoms with E-state index in [2.05, 4.69) is 17.0 Å². The van der Waals surface area contributed by atoms with Gasteiger partial charge in [0.25, 0.3) is 0 Å². The first-order valence-corrected chi connectivity index (χ1v) is 9.92. The summed E-state index contributed by atoms with van der Waals surface area (Å²) in [6.45, 7) is 4.02. The maximum absolute atomic E-state index is 13.1. The minimum absolute atomic E-state index is 0.0526. The number of hydrogen-bond acceptors (Lipinski definition) is 3. The van der Waals surface area contributed by atoms with Gasteiger partial charge in [-0.05, 0) is 44.6 Å². The van der Waals surface area contributed by atoms with Crippen molar-refractivity contribution < 1.29 is 9.59 Å². The Labute approximate surface area is 156 Å². The van der Waals surface area contributed by atoms with Crippen LogP contribution in [0.2, 0.25) is 0 Å². The predicted octanol–water partition coefficient (Wildman–Crippen LogP) is 2.54. The Morgan fingerprint density at radius 3 is 2.38 bits per heavy atom. The summed E-state index contributed by atoms with van der Waals surface area (Å²) >= 11 is 0. The Hall–Kier alpha value is -1.88. The third kappa shape index (κ3) is 5.07. The van der Waals surface area contributed by atoms with E-state index in [0.29, 0.717) is 32.1 Å². The Balaban J connectivity index is 1.52. The fourth-order valence-electron chi connectivity index (χ4n) is 3.67. The third-order valence-electron chi connectivity index (χ3n) is 5.48. The highest BCUT2D eigenvalue weighted by molar-refractivity contribution is 5.80. The van der Waals surface area contributed by atoms with Gasteiger partial charge in [0.15, 0.2) is 0 Å². The number of nitrogens with zero attached hydrogens (tertiary/aromatic N) is 2. The highest BCUT2D eigenvalue weighted by Crippen LogP contribution is 2.32. The molecule has 0 aromatic heterocycles. The van der Waals surface area contributed by atoms with Gasteiger partial charge in [-0.25, -0.2) is 0 Å². The second-order valence-corrected chi connectivity index (χ2v) is 7.85. The number of nitrogens with two attached hydrogens (primary N) is 1. The number of amides is 2. The van der Waals surface area contributed by atoms with Gasteiger partial charge in [-0.1, -0.05) is 30.3 Å². The quantitative estimate of drug-likeness (QED) is 0.815. The molecule has 1 unspecified atom stereocenters. The molecule has 1 aromatic rings. The van der Waals surface area contributed by atoms with Gasteiger partial charge in [-0.2, -0.15) is 0 Å². The molecule has 2 amide bonds. The van der Waals surface area contributed by atoms with Crippen LogP contribution in [0.5, 0.6) is 0 Å². The maximum Gasteiger partial charge on any atom is 0.226 e. The first kappa shape index (κ1) is 18.9. The van der Waals surface area contributed by atoms with Crippen LogP contribution >= 0.6 is 0 Å². The first-order chi connectivity index (χ1) is 12.5. The normalized spacial score (nSPS) is 19.2. The minimum Gasteiger partial charge on any atom is -0.343 e. The van der Waals surface area contributed by atoms with E-state index >= 15 is 0 Å². The van der Waals surface area contributed by atoms with Gasteiger partial charge in [0.2, 0.25) is 11.8 Å². The van der Waals surface area contributed by atoms with Crippen molar-refractivity contribution in [3.63, 3.8) is 0 Å². The molecule has 1 saturated carbocycles. The van der Waals surface area contributed by atoms with Crippen molar-refractivity contribution >= 4 is 11.8 Å². The Kier molecular flexibility index (Phi) is 6.30. The van der Waals surface area contributed by atoms with E-state index in [1.165, 1.54) is 5.56 Å². The molecular formula is C21H31N3O2. The fourth-order valence-corrected chi connectivity index (χ4v) is 3.67. The second kappa shape index (κ2) is 8.67. The van der Waals surface area contributed by atoms with Crippen molar-refractivity contribution in [2.45, 2.75) is 64.1 Å². The summed E-state index contributed by atoms with van der Waals surface area (Å²) in [5, 5.41) is 0. The number of carbonyl (C=O) groups excluding carboxylic acids is 2. The molecule has 2 aliphatic rings. The molecule has 1 aromatic carbocycles. The molecule has 2 fully saturated rings. The molecule has 5 heteroatoms. The van der Waals surface area contributed by atoms with E-state index in [4.69, 9.17) is 5.73 Å². The number of piperidine rings is 1. The van der Waals surface area contributed by atoms with Gasteiger partial charge in [0.1, 0.15) is 0 Å². The number of likely N-dealkylation sites (tertiary alicyclic amines) is 1. The average molecular weight is 357 g/mol. The number of benzene rings is 1. The molecule has 0 spiro atoms. The van der Waals surface area contributed by atoms with E-state index in [1.807, 2.05) is 30.0 Å². The summed E-state index contributed by atoms with van der Waals surface area (Å²) in [6.07, 6.45) is 5.03. The fraction of sp³-hybridized carbons (Fsp3) is 0.619. The van der Waals surface area contributed by atoms with Crippen LogP contribution in [0.15, 0.2) is 30.3 Å². The van der Waals surface area contributed by atoms with Crippen molar-refractivity contribution in [2.24, 2.45) is 11.7 Å². The second-order valence-electron chi connectivity index (χ2n) is 7.85. The number of hydrogen-bond donors (Lipinski definition) is 1. The highest BCUT2D eigenvalue weighted by Gasteiger charge is 2.37. The van der Waals surface area contributed by atoms with Crippen molar-refractivity contribution in [3.8, 4) is 0 Å². The van der Waals surface area contributed by atoms with Crippen LogP contribution in [0.3, 0.4) is 0 Å². The van der Waals surface area contributed by atoms with Gasteiger partial charge in [-0.3, -0.25) is 9.59 Å². The van der Waals surface area contributed by atoms with Gasteiger partial charge in [0, 0.05) is 44.1 Å². The predicted molar refractivity (Wildman–Crippen MR) is 102 cm³/mol. The molecule has 1 atom stereocenters. The largest absolute Gasteiger partial charge is 0.343 e. The first-order valence-electron chi connectivity index (χ1n) is 9.92. The van der Waals surface area contributed by atoms with E-state index in [1.54, 1.807) is 0 Å². The molecule has 1 aliphatic carbocycles. The van der Waals surface area contributed by atoms with E-state index in [9.17, 15) is 9.59 Å². The lowest BCUT2D eigenvalue weighted by Crippen LogP contribution is -2.45. The topological polar surface area (TPSA) is 66.6 Å². The summed E-state index contributed by atoms with van der Waals surface area (Å²) in [5.74, 6) is 0.507. The molecule has 2 N–H and O–H groups in total. The molecule has 0 bridgehead atoms. The van der Waals surface area contributed by atoms with Gasteiger partial charge >= 0.3 is 0 Å². The smallest absolute Gasteiger partial charge is 0.226 e. The van der Waals surface area contributed by atoms with E-state index in [-0.39, 0.29) is 23.8 Å². The molecular weight excluding hydrogens is 326 g/mol. The van der Waals surface area contributed by atoms with Crippen LogP contribution in [-0.4, -0.2) is 46.8 Å². The van der Waals surface area contributed by atoms with Gasteiger partial charge in [-0.15, -0.1) is 0 Å². The standard InChI is InChI=1S/C21H31N3O2/c1-16(22)7-10-20(25)23-13-11-18(12-14-23)21(26)24(19-8-9-19)15-17-5-3-2-4-6-17/h2-6,16,18-19H,7-15,22H2,1H3. The lowest BCUT2D eigenvalue weighted by atomic mass is 9.94. The lowest BCUT2D eigenvalue weighted by Gasteiger charge is -2.34. The minimum atomic E-state index is 0.0526. The maximum atomic E-state index is 13.1. The van der Waals surface area contributed by atoms with Crippen LogP contribution in [-0.2, 0) is 16.1 Å². The van der Waals surface area contributed by atoms with Crippen LogP contribution in [0.4, 0.5) is 0 Å². The zero-order valence-corrected chi connectivity index (χ0v) is 15.8. The summed E-state index contributed by atoms with van der Waals surface area (Å²) in [6, 6.07) is 10.7. The molecule has 1 saturated heterocycles. The number of carbonyl (C=O) groups is 2. The SMILES string of the molecule is CC(N)CCC(=O)N1CCC(C(=O)N(Cc2ccccc2)C2CC2)CC1. The zero-order valence-electron chi connectivity index (χ0n) is 15.8. The third-order valence-corrected chi connectivity index (χ3v) is 5.48. The van der Waals surface area contributed by atoms with Gasteiger partial charge < -0.3 is 15.5 Å². The summed E-state index contributed by atoms with van der Waals surface area (Å²) in [7, 11) is 0. The summed E-state index contributed by atoms with van der Waals surface area (Å²) in [5.41, 5.74) is 6.93. The summed E-state index contributed by atoms with van der Waals surface area (Å²) in [4.78, 5) is 29.3. The molecule has 1 heterocycles. The van der Waals surface area contributed by atoms with Crippen molar-refractivity contribution in [3.05, 3.63) is 35.9 Å². The molecule has 142 valence electrons. The Bertz CT molecular complexity index is 605. The van der Waals surface area contributed by atoms with Crippen LogP contribution in [0, 0.1) is 5.92 Å². The Morgan fingerprint density at radius 1 is 1.15 bits per heavy atom. The molecule has 5 nitrogen and oxygen atoms in total. The Morgan fingerprint density at radius 2 is 1.81 bits per heavy atom. The van der Waals surface area contributed by atoms with Crippen LogP contribution in [0.1, 0.15) is 51.0 Å². The molecule has 26 heavy (non-hydrogen) atoms. The molecule has 0 radical (unpaired) electrons. The number of rotatable bonds is 7. The zero-order chi connectivity index (χ0) is 18.5. The van der Waals surface area contributed by atoms with Crippen molar-refractivity contribution in [1.29, 1.82) is 0 Å². The van der Waals surface area contributed by atoms with E-state index < -0.39 is 0 Å². The molecule has 3 rings (SSSR count). The van der Waals surface area contributed by atoms with Gasteiger partial charge in [0.05, 0.1) is 0 Å². The van der Waals surface area contributed by atoms with Crippen LogP contribution < -0.4 is 5.73 Å². The summed E-state index contributed by atoms with van der Waals surface area (Å²) < 4.78 is 0. The monoisotopic (exact) mass is 357 g/mol. The highest BCUT2D eigenvalue weighted by atomic mass is 16.2. The van der Waals surface area contributed by atoms with Crippen LogP contribution in [0.25, 0.3) is 0 Å². The lowest BCUT2D eigenvalue weighted by molar-refractivity contribution is -0.141. The van der Waals surface area contributed by atoms with Crippen molar-refractivity contribution in [2.75, 3.05) is 13.1 Å². The molecule has 1 aliphatic heterocycles. The average Bonchev–Trinajstić information content (AvgIpc) is 3.49. The van der Waals surface area contributed by atoms with E-state index in [0.717, 1.165) is 32.1 Å².